The molecule has 5 heteroatoms. The summed E-state index contributed by atoms with van der Waals surface area (Å²) in [6.45, 7) is 0. The average molecular weight is 298 g/mol. The highest BCUT2D eigenvalue weighted by Crippen LogP contribution is 2.28. The highest BCUT2D eigenvalue weighted by atomic mass is 35.5. The van der Waals surface area contributed by atoms with E-state index in [0.717, 1.165) is 16.6 Å². The normalized spacial score (nSPS) is 11.1. The van der Waals surface area contributed by atoms with Crippen molar-refractivity contribution in [2.45, 2.75) is 0 Å². The van der Waals surface area contributed by atoms with Gasteiger partial charge in [-0.05, 0) is 30.3 Å². The van der Waals surface area contributed by atoms with Crippen molar-refractivity contribution in [2.75, 3.05) is 0 Å². The second-order valence-corrected chi connectivity index (χ2v) is 5.08. The first kappa shape index (κ1) is 11.8. The highest BCUT2D eigenvalue weighted by Gasteiger charge is 2.11. The van der Waals surface area contributed by atoms with E-state index in [0.29, 0.717) is 15.2 Å². The Labute approximate surface area is 119 Å². The van der Waals surface area contributed by atoms with E-state index in [2.05, 4.69) is 5.10 Å². The fraction of sp³-hybridized carbons (Fsp3) is 0. The maximum Gasteiger partial charge on any atom is 0.140 e. The van der Waals surface area contributed by atoms with E-state index in [1.165, 1.54) is 0 Å². The number of fused-ring (bicyclic) bond motifs is 1. The topological polar surface area (TPSA) is 17.8 Å². The molecule has 0 saturated heterocycles. The van der Waals surface area contributed by atoms with Gasteiger partial charge in [-0.1, -0.05) is 46.9 Å². The predicted octanol–water partition coefficient (Wildman–Crippen LogP) is 4.99. The van der Waals surface area contributed by atoms with Crippen LogP contribution < -0.4 is 0 Å². The summed E-state index contributed by atoms with van der Waals surface area (Å²) in [4.78, 5) is 0. The van der Waals surface area contributed by atoms with E-state index in [1.54, 1.807) is 22.9 Å². The first-order chi connectivity index (χ1) is 8.65. The van der Waals surface area contributed by atoms with Gasteiger partial charge in [0.15, 0.2) is 0 Å². The summed E-state index contributed by atoms with van der Waals surface area (Å²) in [6.07, 6.45) is 0. The van der Waals surface area contributed by atoms with Gasteiger partial charge in [-0.25, -0.2) is 4.68 Å². The van der Waals surface area contributed by atoms with Crippen LogP contribution in [0.3, 0.4) is 0 Å². The molecule has 2 aromatic carbocycles. The minimum Gasteiger partial charge on any atom is -0.221 e. The lowest BCUT2D eigenvalue weighted by atomic mass is 10.3. The fourth-order valence-electron chi connectivity index (χ4n) is 1.83. The number of aromatic nitrogens is 2. The van der Waals surface area contributed by atoms with E-state index < -0.39 is 0 Å². The molecule has 3 rings (SSSR count). The summed E-state index contributed by atoms with van der Waals surface area (Å²) < 4.78 is 1.63. The summed E-state index contributed by atoms with van der Waals surface area (Å²) in [7, 11) is 0. The number of hydrogen-bond donors (Lipinski definition) is 0. The van der Waals surface area contributed by atoms with Crippen molar-refractivity contribution in [3.8, 4) is 5.69 Å². The molecule has 0 bridgehead atoms. The number of nitrogens with zero attached hydrogens (tertiary/aromatic N) is 2. The van der Waals surface area contributed by atoms with Crippen molar-refractivity contribution >= 4 is 45.7 Å². The van der Waals surface area contributed by atoms with Crippen LogP contribution in [-0.2, 0) is 0 Å². The molecule has 0 amide bonds. The first-order valence-electron chi connectivity index (χ1n) is 5.25. The van der Waals surface area contributed by atoms with E-state index >= 15 is 0 Å². The van der Waals surface area contributed by atoms with E-state index in [-0.39, 0.29) is 0 Å². The molecule has 0 aliphatic heterocycles. The molecule has 0 aliphatic carbocycles. The van der Waals surface area contributed by atoms with Crippen LogP contribution >= 0.6 is 34.8 Å². The molecule has 0 fully saturated rings. The lowest BCUT2D eigenvalue weighted by molar-refractivity contribution is 0.897. The molecule has 18 heavy (non-hydrogen) atoms. The lowest BCUT2D eigenvalue weighted by Gasteiger charge is -2.04. The molecule has 1 heterocycles. The molecule has 1 aromatic heterocycles. The first-order valence-corrected chi connectivity index (χ1v) is 6.38. The van der Waals surface area contributed by atoms with Crippen molar-refractivity contribution in [2.24, 2.45) is 0 Å². The Morgan fingerprint density at radius 1 is 0.889 bits per heavy atom. The van der Waals surface area contributed by atoms with Gasteiger partial charge in [0.2, 0.25) is 0 Å². The molecule has 0 saturated carbocycles. The average Bonchev–Trinajstić information content (AvgIpc) is 2.66. The van der Waals surface area contributed by atoms with Gasteiger partial charge in [-0.2, -0.15) is 5.10 Å². The number of benzene rings is 2. The quantitative estimate of drug-likeness (QED) is 0.619. The zero-order valence-electron chi connectivity index (χ0n) is 9.07. The van der Waals surface area contributed by atoms with Crippen LogP contribution in [0.25, 0.3) is 16.6 Å². The second kappa shape index (κ2) is 4.47. The second-order valence-electron chi connectivity index (χ2n) is 3.85. The highest BCUT2D eigenvalue weighted by molar-refractivity contribution is 6.35. The standard InChI is InChI=1S/C13H7Cl3N2/c14-8-5-9(15)7-10(6-8)18-13(16)11-3-1-2-4-12(11)17-18/h1-7H. The van der Waals surface area contributed by atoms with E-state index in [4.69, 9.17) is 34.8 Å². The van der Waals surface area contributed by atoms with Crippen LogP contribution in [0.4, 0.5) is 0 Å². The zero-order valence-corrected chi connectivity index (χ0v) is 11.3. The van der Waals surface area contributed by atoms with Crippen LogP contribution in [0.1, 0.15) is 0 Å². The Morgan fingerprint density at radius 2 is 1.56 bits per heavy atom. The van der Waals surface area contributed by atoms with Crippen molar-refractivity contribution < 1.29 is 0 Å². The Kier molecular flexibility index (Phi) is 2.94. The van der Waals surface area contributed by atoms with E-state index in [1.807, 2.05) is 24.3 Å². The van der Waals surface area contributed by atoms with Crippen LogP contribution in [0.2, 0.25) is 15.2 Å². The molecule has 0 spiro atoms. The van der Waals surface area contributed by atoms with Crippen LogP contribution in [0.5, 0.6) is 0 Å². The number of hydrogen-bond acceptors (Lipinski definition) is 1. The Bertz CT molecular complexity index is 714. The molecular weight excluding hydrogens is 291 g/mol. The van der Waals surface area contributed by atoms with Gasteiger partial charge in [0.25, 0.3) is 0 Å². The zero-order chi connectivity index (χ0) is 12.7. The summed E-state index contributed by atoms with van der Waals surface area (Å²) in [5.74, 6) is 0. The maximum absolute atomic E-state index is 6.31. The molecular formula is C13H7Cl3N2. The van der Waals surface area contributed by atoms with Gasteiger partial charge < -0.3 is 0 Å². The summed E-state index contributed by atoms with van der Waals surface area (Å²) in [6, 6.07) is 12.9. The third-order valence-corrected chi connectivity index (χ3v) is 3.41. The van der Waals surface area contributed by atoms with Gasteiger partial charge in [0.1, 0.15) is 5.15 Å². The van der Waals surface area contributed by atoms with Crippen molar-refractivity contribution in [3.05, 3.63) is 57.7 Å². The van der Waals surface area contributed by atoms with Crippen molar-refractivity contribution in [1.29, 1.82) is 0 Å². The molecule has 0 N–H and O–H groups in total. The Morgan fingerprint density at radius 3 is 2.22 bits per heavy atom. The van der Waals surface area contributed by atoms with Gasteiger partial charge in [0, 0.05) is 15.4 Å². The molecule has 0 unspecified atom stereocenters. The minimum atomic E-state index is 0.545. The van der Waals surface area contributed by atoms with Gasteiger partial charge >= 0.3 is 0 Å². The van der Waals surface area contributed by atoms with E-state index in [9.17, 15) is 0 Å². The number of halogens is 3. The molecule has 3 aromatic rings. The maximum atomic E-state index is 6.31. The molecule has 0 radical (unpaired) electrons. The molecule has 0 aliphatic rings. The van der Waals surface area contributed by atoms with Crippen molar-refractivity contribution in [3.63, 3.8) is 0 Å². The Hall–Kier alpha value is -1.22. The minimum absolute atomic E-state index is 0.545. The van der Waals surface area contributed by atoms with Gasteiger partial charge in [-0.15, -0.1) is 0 Å². The summed E-state index contributed by atoms with van der Waals surface area (Å²) >= 11 is 18.3. The lowest BCUT2D eigenvalue weighted by Crippen LogP contribution is -1.96. The van der Waals surface area contributed by atoms with Crippen LogP contribution in [0, 0.1) is 0 Å². The third kappa shape index (κ3) is 1.97. The Balaban J connectivity index is 2.28. The largest absolute Gasteiger partial charge is 0.221 e. The SMILES string of the molecule is Clc1cc(Cl)cc(-n2nc3ccccc3c2Cl)c1. The number of rotatable bonds is 1. The van der Waals surface area contributed by atoms with Gasteiger partial charge in [0.05, 0.1) is 11.2 Å². The molecule has 2 nitrogen and oxygen atoms in total. The summed E-state index contributed by atoms with van der Waals surface area (Å²) in [5, 5.41) is 6.97. The monoisotopic (exact) mass is 296 g/mol. The predicted molar refractivity (Wildman–Crippen MR) is 76.1 cm³/mol. The smallest absolute Gasteiger partial charge is 0.140 e. The van der Waals surface area contributed by atoms with Crippen LogP contribution in [-0.4, -0.2) is 9.78 Å². The van der Waals surface area contributed by atoms with Gasteiger partial charge in [-0.3, -0.25) is 0 Å². The third-order valence-electron chi connectivity index (χ3n) is 2.61. The van der Waals surface area contributed by atoms with Crippen LogP contribution in [0.15, 0.2) is 42.5 Å². The molecule has 90 valence electrons. The summed E-state index contributed by atoms with van der Waals surface area (Å²) in [5.41, 5.74) is 1.58. The fourth-order valence-corrected chi connectivity index (χ4v) is 2.64. The molecule has 0 atom stereocenters. The van der Waals surface area contributed by atoms with Crippen molar-refractivity contribution in [1.82, 2.24) is 9.78 Å².